The van der Waals surface area contributed by atoms with Gasteiger partial charge in [-0.05, 0) is 13.0 Å². The van der Waals surface area contributed by atoms with E-state index in [-0.39, 0.29) is 34.8 Å². The van der Waals surface area contributed by atoms with Crippen molar-refractivity contribution in [3.8, 4) is 11.5 Å². The lowest BCUT2D eigenvalue weighted by Gasteiger charge is -2.09. The van der Waals surface area contributed by atoms with Crippen molar-refractivity contribution in [2.24, 2.45) is 0 Å². The largest absolute Gasteiger partial charge is 0.508 e. The van der Waals surface area contributed by atoms with Gasteiger partial charge in [0.1, 0.15) is 22.8 Å². The lowest BCUT2D eigenvalue weighted by Crippen LogP contribution is -2.04. The summed E-state index contributed by atoms with van der Waals surface area (Å²) >= 11 is 0. The van der Waals surface area contributed by atoms with Gasteiger partial charge < -0.3 is 14.9 Å². The number of hydrogen-bond donors (Lipinski definition) is 2. The zero-order chi connectivity index (χ0) is 12.3. The van der Waals surface area contributed by atoms with E-state index in [4.69, 9.17) is 9.84 Å². The third-order valence-electron chi connectivity index (χ3n) is 2.07. The highest BCUT2D eigenvalue weighted by Crippen LogP contribution is 2.28. The van der Waals surface area contributed by atoms with E-state index in [0.717, 1.165) is 0 Å². The molecule has 0 atom stereocenters. The average molecular weight is 224 g/mol. The molecule has 86 valence electrons. The number of hydrogen-bond acceptors (Lipinski definition) is 4. The second-order valence-electron chi connectivity index (χ2n) is 3.37. The molecule has 5 nitrogen and oxygen atoms in total. The lowest BCUT2D eigenvalue weighted by atomic mass is 10.0. The first-order valence-corrected chi connectivity index (χ1v) is 4.58. The van der Waals surface area contributed by atoms with Gasteiger partial charge in [-0.25, -0.2) is 4.79 Å². The Morgan fingerprint density at radius 2 is 2.00 bits per heavy atom. The van der Waals surface area contributed by atoms with Crippen molar-refractivity contribution in [3.63, 3.8) is 0 Å². The number of phenolic OH excluding ortho intramolecular Hbond substituents is 1. The summed E-state index contributed by atoms with van der Waals surface area (Å²) < 4.78 is 4.82. The molecule has 5 heteroatoms. The highest BCUT2D eigenvalue weighted by Gasteiger charge is 2.15. The van der Waals surface area contributed by atoms with Crippen LogP contribution in [0.2, 0.25) is 0 Å². The molecule has 0 heterocycles. The van der Waals surface area contributed by atoms with E-state index in [1.807, 2.05) is 0 Å². The molecule has 0 aliphatic heterocycles. The molecule has 0 aliphatic carbocycles. The van der Waals surface area contributed by atoms with Crippen LogP contribution in [0, 0.1) is 0 Å². The smallest absolute Gasteiger partial charge is 0.339 e. The monoisotopic (exact) mass is 224 g/mol. The van der Waals surface area contributed by atoms with Crippen LogP contribution >= 0.6 is 0 Å². The maximum Gasteiger partial charge on any atom is 0.339 e. The van der Waals surface area contributed by atoms with Crippen LogP contribution in [0.5, 0.6) is 11.5 Å². The summed E-state index contributed by atoms with van der Waals surface area (Å²) in [6.45, 7) is 1.37. The fourth-order valence-corrected chi connectivity index (χ4v) is 1.36. The number of methoxy groups -OCH3 is 1. The van der Waals surface area contributed by atoms with Crippen molar-refractivity contribution in [2.45, 2.75) is 13.3 Å². The molecule has 1 aromatic rings. The number of phenols is 1. The number of Topliss-reactive ketones (excluding diaryl/α,β-unsaturated/α-hetero) is 1. The first-order valence-electron chi connectivity index (χ1n) is 4.58. The molecule has 0 bridgehead atoms. The van der Waals surface area contributed by atoms with Crippen molar-refractivity contribution in [2.75, 3.05) is 7.11 Å². The Morgan fingerprint density at radius 1 is 1.38 bits per heavy atom. The summed E-state index contributed by atoms with van der Waals surface area (Å²) in [5.41, 5.74) is 0.210. The minimum Gasteiger partial charge on any atom is -0.508 e. The fourth-order valence-electron chi connectivity index (χ4n) is 1.36. The van der Waals surface area contributed by atoms with Gasteiger partial charge in [0.05, 0.1) is 7.11 Å². The summed E-state index contributed by atoms with van der Waals surface area (Å²) in [4.78, 5) is 21.8. The van der Waals surface area contributed by atoms with Gasteiger partial charge in [0.25, 0.3) is 0 Å². The van der Waals surface area contributed by atoms with Crippen LogP contribution in [0.4, 0.5) is 0 Å². The van der Waals surface area contributed by atoms with E-state index in [1.165, 1.54) is 26.2 Å². The topological polar surface area (TPSA) is 83.8 Å². The molecular weight excluding hydrogens is 212 g/mol. The van der Waals surface area contributed by atoms with Gasteiger partial charge in [-0.15, -0.1) is 0 Å². The Hall–Kier alpha value is -2.04. The zero-order valence-corrected chi connectivity index (χ0v) is 8.98. The molecule has 1 aromatic carbocycles. The summed E-state index contributed by atoms with van der Waals surface area (Å²) in [5, 5.41) is 18.5. The summed E-state index contributed by atoms with van der Waals surface area (Å²) in [7, 11) is 1.31. The molecule has 0 unspecified atom stereocenters. The Bertz CT molecular complexity index is 436. The number of ether oxygens (including phenoxy) is 1. The van der Waals surface area contributed by atoms with Crippen LogP contribution in [0.15, 0.2) is 12.1 Å². The van der Waals surface area contributed by atoms with Crippen molar-refractivity contribution < 1.29 is 24.5 Å². The van der Waals surface area contributed by atoms with Gasteiger partial charge in [-0.3, -0.25) is 4.79 Å². The zero-order valence-electron chi connectivity index (χ0n) is 8.98. The number of ketones is 1. The normalized spacial score (nSPS) is 9.88. The first kappa shape index (κ1) is 12.0. The number of carboxylic acids is 1. The van der Waals surface area contributed by atoms with Crippen molar-refractivity contribution >= 4 is 11.8 Å². The Morgan fingerprint density at radius 3 is 2.44 bits per heavy atom. The predicted molar refractivity (Wildman–Crippen MR) is 56.0 cm³/mol. The Labute approximate surface area is 92.3 Å². The number of benzene rings is 1. The van der Waals surface area contributed by atoms with E-state index >= 15 is 0 Å². The number of carboxylic acid groups (broad SMARTS) is 1. The second-order valence-corrected chi connectivity index (χ2v) is 3.37. The van der Waals surface area contributed by atoms with Crippen LogP contribution in [-0.4, -0.2) is 29.1 Å². The van der Waals surface area contributed by atoms with E-state index in [9.17, 15) is 14.7 Å². The quantitative estimate of drug-likeness (QED) is 0.803. The minimum atomic E-state index is -1.17. The fraction of sp³-hybridized carbons (Fsp3) is 0.273. The summed E-state index contributed by atoms with van der Waals surface area (Å²) in [6.07, 6.45) is -0.00386. The van der Waals surface area contributed by atoms with E-state index < -0.39 is 5.97 Å². The molecule has 0 radical (unpaired) electrons. The lowest BCUT2D eigenvalue weighted by molar-refractivity contribution is -0.116. The second kappa shape index (κ2) is 4.65. The number of aromatic carboxylic acids is 1. The van der Waals surface area contributed by atoms with E-state index in [1.54, 1.807) is 0 Å². The Kier molecular flexibility index (Phi) is 3.50. The molecule has 0 aromatic heterocycles. The number of carbonyl (C=O) groups excluding carboxylic acids is 1. The van der Waals surface area contributed by atoms with Gasteiger partial charge >= 0.3 is 5.97 Å². The van der Waals surface area contributed by atoms with Gasteiger partial charge in [0.15, 0.2) is 0 Å². The summed E-state index contributed by atoms with van der Waals surface area (Å²) in [5.74, 6) is -1.40. The molecule has 16 heavy (non-hydrogen) atoms. The van der Waals surface area contributed by atoms with Crippen molar-refractivity contribution in [1.82, 2.24) is 0 Å². The van der Waals surface area contributed by atoms with Crippen LogP contribution in [0.25, 0.3) is 0 Å². The molecule has 0 saturated heterocycles. The Balaban J connectivity index is 3.27. The van der Waals surface area contributed by atoms with Crippen LogP contribution < -0.4 is 4.74 Å². The standard InChI is InChI=1S/C11H12O5/c1-6(12)3-7-4-8(11(14)15)10(16-2)5-9(7)13/h4-5,13H,3H2,1-2H3,(H,14,15). The van der Waals surface area contributed by atoms with Gasteiger partial charge in [-0.1, -0.05) is 0 Å². The van der Waals surface area contributed by atoms with Crippen molar-refractivity contribution in [3.05, 3.63) is 23.3 Å². The summed E-state index contributed by atoms with van der Waals surface area (Å²) in [6, 6.07) is 2.44. The highest BCUT2D eigenvalue weighted by atomic mass is 16.5. The molecule has 1 rings (SSSR count). The van der Waals surface area contributed by atoms with Crippen LogP contribution in [0.1, 0.15) is 22.8 Å². The van der Waals surface area contributed by atoms with E-state index in [0.29, 0.717) is 0 Å². The van der Waals surface area contributed by atoms with Gasteiger partial charge in [0.2, 0.25) is 0 Å². The number of rotatable bonds is 4. The van der Waals surface area contributed by atoms with Crippen LogP contribution in [-0.2, 0) is 11.2 Å². The number of aromatic hydroxyl groups is 1. The van der Waals surface area contributed by atoms with Crippen molar-refractivity contribution in [1.29, 1.82) is 0 Å². The maximum atomic E-state index is 10.9. The minimum absolute atomic E-state index is 0.00386. The third-order valence-corrected chi connectivity index (χ3v) is 2.07. The predicted octanol–water partition coefficient (Wildman–Crippen LogP) is 1.23. The number of carbonyl (C=O) groups is 2. The van der Waals surface area contributed by atoms with Crippen LogP contribution in [0.3, 0.4) is 0 Å². The average Bonchev–Trinajstić information content (AvgIpc) is 2.19. The van der Waals surface area contributed by atoms with E-state index in [2.05, 4.69) is 0 Å². The first-order chi connectivity index (χ1) is 7.45. The molecular formula is C11H12O5. The molecule has 0 amide bonds. The highest BCUT2D eigenvalue weighted by molar-refractivity contribution is 5.92. The van der Waals surface area contributed by atoms with Gasteiger partial charge in [0, 0.05) is 18.1 Å². The molecule has 0 spiro atoms. The molecule has 0 saturated carbocycles. The SMILES string of the molecule is COc1cc(O)c(CC(C)=O)cc1C(=O)O. The maximum absolute atomic E-state index is 10.9. The molecule has 2 N–H and O–H groups in total. The third kappa shape index (κ3) is 2.50. The molecule has 0 aliphatic rings. The molecule has 0 fully saturated rings. The van der Waals surface area contributed by atoms with Gasteiger partial charge in [-0.2, -0.15) is 0 Å².